The number of hydrogen-bond donors (Lipinski definition) is 2. The summed E-state index contributed by atoms with van der Waals surface area (Å²) in [6.45, 7) is 0.677. The fraction of sp³-hybridized carbons (Fsp3) is 0.423. The van der Waals surface area contributed by atoms with Gasteiger partial charge in [-0.2, -0.15) is 0 Å². The Morgan fingerprint density at radius 3 is 2.24 bits per heavy atom. The minimum atomic E-state index is -0.965. The van der Waals surface area contributed by atoms with E-state index in [1.165, 1.54) is 16.0 Å². The van der Waals surface area contributed by atoms with Gasteiger partial charge in [0, 0.05) is 24.9 Å². The molecule has 1 aliphatic heterocycles. The molecule has 1 unspecified atom stereocenters. The van der Waals surface area contributed by atoms with Crippen LogP contribution in [0, 0.1) is 5.92 Å². The number of rotatable bonds is 7. The molecule has 7 nitrogen and oxygen atoms in total. The van der Waals surface area contributed by atoms with Gasteiger partial charge in [0.25, 0.3) is 0 Å². The number of benzene rings is 2. The van der Waals surface area contributed by atoms with Crippen LogP contribution in [-0.2, 0) is 14.3 Å². The van der Waals surface area contributed by atoms with Crippen LogP contribution in [0.3, 0.4) is 0 Å². The lowest BCUT2D eigenvalue weighted by molar-refractivity contribution is -0.148. The van der Waals surface area contributed by atoms with Crippen LogP contribution in [0.2, 0.25) is 0 Å². The van der Waals surface area contributed by atoms with E-state index in [0.717, 1.165) is 24.0 Å². The van der Waals surface area contributed by atoms with E-state index in [2.05, 4.69) is 29.6 Å². The highest BCUT2D eigenvalue weighted by Crippen LogP contribution is 2.44. The number of fused-ring (bicyclic) bond motifs is 3. The standard InChI is InChI=1S/C26H28N2O5/c29-24(28-13-5-10-23(28)25(30)31)14-22(16-11-12-16)27-26(32)33-15-21-19-8-3-1-6-17(19)18-7-2-4-9-20(18)21/h1-4,6-9,16,21-23H,5,10-15H2,(H,27,32)(H,30,31)/t22?,23-/m1/s1. The van der Waals surface area contributed by atoms with Crippen molar-refractivity contribution in [2.45, 2.75) is 50.1 Å². The zero-order valence-electron chi connectivity index (χ0n) is 18.4. The molecular weight excluding hydrogens is 420 g/mol. The Morgan fingerprint density at radius 2 is 1.64 bits per heavy atom. The predicted octanol–water partition coefficient (Wildman–Crippen LogP) is 3.77. The molecule has 2 aliphatic carbocycles. The Hall–Kier alpha value is -3.35. The Labute approximate surface area is 192 Å². The van der Waals surface area contributed by atoms with E-state index in [1.54, 1.807) is 0 Å². The van der Waals surface area contributed by atoms with Crippen LogP contribution < -0.4 is 5.32 Å². The second-order valence-corrected chi connectivity index (χ2v) is 9.20. The van der Waals surface area contributed by atoms with Gasteiger partial charge in [0.15, 0.2) is 0 Å². The summed E-state index contributed by atoms with van der Waals surface area (Å²) >= 11 is 0. The molecule has 2 amide bonds. The van der Waals surface area contributed by atoms with Crippen LogP contribution in [0.15, 0.2) is 48.5 Å². The molecule has 2 aromatic carbocycles. The SMILES string of the molecule is O=C(NC(CC(=O)N1CCC[C@@H]1C(=O)O)C1CC1)OCC1c2ccccc2-c2ccccc21. The summed E-state index contributed by atoms with van der Waals surface area (Å²) in [7, 11) is 0. The summed E-state index contributed by atoms with van der Waals surface area (Å²) in [5.41, 5.74) is 4.63. The van der Waals surface area contributed by atoms with E-state index in [0.29, 0.717) is 19.4 Å². The Bertz CT molecular complexity index is 1030. The van der Waals surface area contributed by atoms with Crippen molar-refractivity contribution in [1.29, 1.82) is 0 Å². The minimum Gasteiger partial charge on any atom is -0.480 e. The molecular formula is C26H28N2O5. The first-order valence-corrected chi connectivity index (χ1v) is 11.7. The van der Waals surface area contributed by atoms with Gasteiger partial charge in [0.1, 0.15) is 12.6 Å². The maximum atomic E-state index is 12.8. The van der Waals surface area contributed by atoms with Crippen molar-refractivity contribution < 1.29 is 24.2 Å². The number of nitrogens with zero attached hydrogens (tertiary/aromatic N) is 1. The zero-order valence-corrected chi connectivity index (χ0v) is 18.4. The highest BCUT2D eigenvalue weighted by atomic mass is 16.5. The largest absolute Gasteiger partial charge is 0.480 e. The molecule has 1 saturated carbocycles. The van der Waals surface area contributed by atoms with Crippen LogP contribution in [0.4, 0.5) is 4.79 Å². The number of nitrogens with one attached hydrogen (secondary N) is 1. The summed E-state index contributed by atoms with van der Waals surface area (Å²) < 4.78 is 5.65. The summed E-state index contributed by atoms with van der Waals surface area (Å²) in [5, 5.41) is 12.3. The Morgan fingerprint density at radius 1 is 1.00 bits per heavy atom. The summed E-state index contributed by atoms with van der Waals surface area (Å²) in [6.07, 6.45) is 2.65. The molecule has 172 valence electrons. The average molecular weight is 449 g/mol. The maximum absolute atomic E-state index is 12.8. The summed E-state index contributed by atoms with van der Waals surface area (Å²) in [4.78, 5) is 38.4. The van der Waals surface area contributed by atoms with E-state index in [-0.39, 0.29) is 36.8 Å². The molecule has 3 aliphatic rings. The molecule has 1 heterocycles. The maximum Gasteiger partial charge on any atom is 0.407 e. The summed E-state index contributed by atoms with van der Waals surface area (Å²) in [6, 6.07) is 15.2. The lowest BCUT2D eigenvalue weighted by atomic mass is 9.98. The normalized spacial score (nSPS) is 20.1. The average Bonchev–Trinajstić information content (AvgIpc) is 3.45. The molecule has 5 rings (SSSR count). The topological polar surface area (TPSA) is 95.9 Å². The minimum absolute atomic E-state index is 0.0231. The van der Waals surface area contributed by atoms with Crippen molar-refractivity contribution in [2.75, 3.05) is 13.2 Å². The van der Waals surface area contributed by atoms with Gasteiger partial charge < -0.3 is 20.1 Å². The molecule has 2 aromatic rings. The van der Waals surface area contributed by atoms with E-state index >= 15 is 0 Å². The van der Waals surface area contributed by atoms with Gasteiger partial charge in [-0.15, -0.1) is 0 Å². The number of ether oxygens (including phenoxy) is 1. The molecule has 2 fully saturated rings. The zero-order chi connectivity index (χ0) is 22.9. The molecule has 2 atom stereocenters. The first-order valence-electron chi connectivity index (χ1n) is 11.7. The second-order valence-electron chi connectivity index (χ2n) is 9.20. The van der Waals surface area contributed by atoms with Crippen molar-refractivity contribution in [2.24, 2.45) is 5.92 Å². The lowest BCUT2D eigenvalue weighted by Gasteiger charge is -2.25. The van der Waals surface area contributed by atoms with Gasteiger partial charge in [0.2, 0.25) is 5.91 Å². The summed E-state index contributed by atoms with van der Waals surface area (Å²) in [5.74, 6) is -0.963. The van der Waals surface area contributed by atoms with E-state index < -0.39 is 18.1 Å². The Balaban J connectivity index is 1.21. The predicted molar refractivity (Wildman–Crippen MR) is 122 cm³/mol. The second kappa shape index (κ2) is 8.89. The quantitative estimate of drug-likeness (QED) is 0.672. The van der Waals surface area contributed by atoms with E-state index in [9.17, 15) is 19.5 Å². The number of carboxylic acids is 1. The molecule has 0 bridgehead atoms. The number of carboxylic acid groups (broad SMARTS) is 1. The fourth-order valence-electron chi connectivity index (χ4n) is 5.25. The van der Waals surface area contributed by atoms with E-state index in [4.69, 9.17) is 4.74 Å². The number of carbonyl (C=O) groups is 3. The molecule has 1 saturated heterocycles. The molecule has 0 spiro atoms. The van der Waals surface area contributed by atoms with Gasteiger partial charge in [-0.1, -0.05) is 48.5 Å². The molecule has 0 aromatic heterocycles. The first-order chi connectivity index (χ1) is 16.0. The molecule has 7 heteroatoms. The number of hydrogen-bond acceptors (Lipinski definition) is 4. The third-order valence-corrected chi connectivity index (χ3v) is 7.09. The number of aliphatic carboxylic acids is 1. The number of amides is 2. The first kappa shape index (κ1) is 21.5. The van der Waals surface area contributed by atoms with Crippen LogP contribution in [0.5, 0.6) is 0 Å². The highest BCUT2D eigenvalue weighted by molar-refractivity contribution is 5.85. The molecule has 0 radical (unpaired) electrons. The van der Waals surface area contributed by atoms with Gasteiger partial charge in [0.05, 0.1) is 0 Å². The molecule has 2 N–H and O–H groups in total. The Kier molecular flexibility index (Phi) is 5.79. The van der Waals surface area contributed by atoms with Crippen molar-refractivity contribution in [3.05, 3.63) is 59.7 Å². The monoisotopic (exact) mass is 448 g/mol. The van der Waals surface area contributed by atoms with Gasteiger partial charge in [-0.25, -0.2) is 9.59 Å². The van der Waals surface area contributed by atoms with E-state index in [1.807, 2.05) is 24.3 Å². The van der Waals surface area contributed by atoms with Crippen LogP contribution in [-0.4, -0.2) is 53.2 Å². The number of alkyl carbamates (subject to hydrolysis) is 1. The highest BCUT2D eigenvalue weighted by Gasteiger charge is 2.39. The molecule has 33 heavy (non-hydrogen) atoms. The lowest BCUT2D eigenvalue weighted by Crippen LogP contribution is -2.45. The van der Waals surface area contributed by atoms with Crippen LogP contribution in [0.1, 0.15) is 49.1 Å². The van der Waals surface area contributed by atoms with Gasteiger partial charge in [-0.05, 0) is 53.9 Å². The number of likely N-dealkylation sites (tertiary alicyclic amines) is 1. The van der Waals surface area contributed by atoms with Crippen molar-refractivity contribution in [1.82, 2.24) is 10.2 Å². The third kappa shape index (κ3) is 4.32. The van der Waals surface area contributed by atoms with Gasteiger partial charge >= 0.3 is 12.1 Å². The fourth-order valence-corrected chi connectivity index (χ4v) is 5.25. The van der Waals surface area contributed by atoms with Crippen LogP contribution in [0.25, 0.3) is 11.1 Å². The smallest absolute Gasteiger partial charge is 0.407 e. The third-order valence-electron chi connectivity index (χ3n) is 7.09. The van der Waals surface area contributed by atoms with Crippen LogP contribution >= 0.6 is 0 Å². The van der Waals surface area contributed by atoms with Crippen molar-refractivity contribution in [3.8, 4) is 11.1 Å². The van der Waals surface area contributed by atoms with Gasteiger partial charge in [-0.3, -0.25) is 4.79 Å². The number of carbonyl (C=O) groups excluding carboxylic acids is 2. The van der Waals surface area contributed by atoms with Crippen molar-refractivity contribution >= 4 is 18.0 Å². The van der Waals surface area contributed by atoms with Crippen molar-refractivity contribution in [3.63, 3.8) is 0 Å².